The molecule has 1 aliphatic rings. The van der Waals surface area contributed by atoms with Crippen LogP contribution < -0.4 is 5.73 Å². The average molecular weight is 216 g/mol. The average Bonchev–Trinajstić information content (AvgIpc) is 2.89. The number of aliphatic hydroxyl groups is 1. The third-order valence-electron chi connectivity index (χ3n) is 2.96. The predicted octanol–water partition coefficient (Wildman–Crippen LogP) is 1.91. The molecule has 1 saturated carbocycles. The fraction of sp³-hybridized carbons (Fsp3) is 0.250. The minimum Gasteiger partial charge on any atom is -0.385 e. The van der Waals surface area contributed by atoms with Crippen molar-refractivity contribution in [3.63, 3.8) is 0 Å². The number of benzene rings is 1. The van der Waals surface area contributed by atoms with Crippen LogP contribution in [-0.2, 0) is 5.60 Å². The fourth-order valence-electron chi connectivity index (χ4n) is 1.78. The molecule has 0 atom stereocenters. The third-order valence-corrected chi connectivity index (χ3v) is 2.96. The van der Waals surface area contributed by atoms with E-state index in [2.05, 4.69) is 5.16 Å². The van der Waals surface area contributed by atoms with Crippen LogP contribution in [0.5, 0.6) is 0 Å². The Hall–Kier alpha value is -1.81. The van der Waals surface area contributed by atoms with Crippen LogP contribution in [0.3, 0.4) is 0 Å². The summed E-state index contributed by atoms with van der Waals surface area (Å²) in [6.07, 6.45) is 1.70. The Morgan fingerprint density at radius 1 is 1.25 bits per heavy atom. The van der Waals surface area contributed by atoms with Crippen LogP contribution in [0.15, 0.2) is 34.9 Å². The first-order chi connectivity index (χ1) is 7.67. The molecule has 0 spiro atoms. The van der Waals surface area contributed by atoms with E-state index in [4.69, 9.17) is 10.3 Å². The minimum absolute atomic E-state index is 0.375. The van der Waals surface area contributed by atoms with Crippen molar-refractivity contribution in [1.82, 2.24) is 5.16 Å². The second-order valence-electron chi connectivity index (χ2n) is 4.22. The molecule has 0 unspecified atom stereocenters. The van der Waals surface area contributed by atoms with Crippen molar-refractivity contribution in [2.24, 2.45) is 0 Å². The largest absolute Gasteiger partial charge is 0.385 e. The molecule has 1 aromatic carbocycles. The van der Waals surface area contributed by atoms with E-state index >= 15 is 0 Å². The van der Waals surface area contributed by atoms with E-state index < -0.39 is 5.60 Å². The van der Waals surface area contributed by atoms with E-state index in [0.717, 1.165) is 24.0 Å². The summed E-state index contributed by atoms with van der Waals surface area (Å²) >= 11 is 0. The zero-order valence-corrected chi connectivity index (χ0v) is 8.68. The third kappa shape index (κ3) is 1.47. The lowest BCUT2D eigenvalue weighted by atomic mass is 10.0. The molecule has 0 saturated heterocycles. The van der Waals surface area contributed by atoms with Crippen LogP contribution in [0.25, 0.3) is 11.3 Å². The normalized spacial score (nSPS) is 17.3. The number of anilines is 1. The quantitative estimate of drug-likeness (QED) is 0.804. The molecule has 4 heteroatoms. The molecular formula is C12H12N2O2. The molecule has 0 bridgehead atoms. The van der Waals surface area contributed by atoms with Gasteiger partial charge in [0.15, 0.2) is 11.6 Å². The van der Waals surface area contributed by atoms with E-state index in [-0.39, 0.29) is 0 Å². The van der Waals surface area contributed by atoms with Crippen molar-refractivity contribution in [2.75, 3.05) is 5.73 Å². The molecule has 0 amide bonds. The molecule has 4 nitrogen and oxygen atoms in total. The highest BCUT2D eigenvalue weighted by Crippen LogP contribution is 2.45. The summed E-state index contributed by atoms with van der Waals surface area (Å²) in [5, 5.41) is 13.5. The molecule has 1 aromatic heterocycles. The van der Waals surface area contributed by atoms with Crippen LogP contribution >= 0.6 is 0 Å². The summed E-state index contributed by atoms with van der Waals surface area (Å²) < 4.78 is 5.05. The molecule has 0 radical (unpaired) electrons. The monoisotopic (exact) mass is 216 g/mol. The maximum atomic E-state index is 9.91. The van der Waals surface area contributed by atoms with Gasteiger partial charge >= 0.3 is 0 Å². The Bertz CT molecular complexity index is 512. The van der Waals surface area contributed by atoms with Gasteiger partial charge in [0.1, 0.15) is 0 Å². The van der Waals surface area contributed by atoms with Gasteiger partial charge in [-0.3, -0.25) is 0 Å². The van der Waals surface area contributed by atoms with Gasteiger partial charge in [0.05, 0.1) is 5.60 Å². The molecule has 82 valence electrons. The first kappa shape index (κ1) is 9.42. The standard InChI is InChI=1S/C12H12N2O2/c13-11-7-10(16-14-11)8-1-3-9(4-2-8)12(15)5-6-12/h1-4,7,15H,5-6H2,(H2,13,14). The zero-order chi connectivity index (χ0) is 11.2. The predicted molar refractivity (Wildman–Crippen MR) is 59.5 cm³/mol. The van der Waals surface area contributed by atoms with E-state index in [1.54, 1.807) is 6.07 Å². The van der Waals surface area contributed by atoms with Crippen LogP contribution in [0.2, 0.25) is 0 Å². The van der Waals surface area contributed by atoms with Crippen molar-refractivity contribution < 1.29 is 9.63 Å². The van der Waals surface area contributed by atoms with Gasteiger partial charge in [0.25, 0.3) is 0 Å². The number of nitrogens with two attached hydrogens (primary N) is 1. The maximum absolute atomic E-state index is 9.91. The molecule has 1 aliphatic carbocycles. The number of aromatic nitrogens is 1. The van der Waals surface area contributed by atoms with Crippen molar-refractivity contribution in [1.29, 1.82) is 0 Å². The molecule has 16 heavy (non-hydrogen) atoms. The second kappa shape index (κ2) is 3.09. The van der Waals surface area contributed by atoms with Gasteiger partial charge in [0.2, 0.25) is 0 Å². The summed E-state index contributed by atoms with van der Waals surface area (Å²) in [6, 6.07) is 9.33. The van der Waals surface area contributed by atoms with Gasteiger partial charge in [-0.25, -0.2) is 0 Å². The molecule has 3 N–H and O–H groups in total. The van der Waals surface area contributed by atoms with Gasteiger partial charge in [-0.1, -0.05) is 29.4 Å². The highest BCUT2D eigenvalue weighted by atomic mass is 16.5. The van der Waals surface area contributed by atoms with E-state index in [1.807, 2.05) is 24.3 Å². The Kier molecular flexibility index (Phi) is 1.82. The van der Waals surface area contributed by atoms with Gasteiger partial charge in [-0.05, 0) is 18.4 Å². The second-order valence-corrected chi connectivity index (χ2v) is 4.22. The molecular weight excluding hydrogens is 204 g/mol. The molecule has 1 fully saturated rings. The van der Waals surface area contributed by atoms with Crippen LogP contribution in [-0.4, -0.2) is 10.3 Å². The summed E-state index contributed by atoms with van der Waals surface area (Å²) in [7, 11) is 0. The smallest absolute Gasteiger partial charge is 0.169 e. The van der Waals surface area contributed by atoms with Gasteiger partial charge in [-0.15, -0.1) is 0 Å². The summed E-state index contributed by atoms with van der Waals surface area (Å²) in [4.78, 5) is 0. The van der Waals surface area contributed by atoms with Crippen LogP contribution in [0.4, 0.5) is 5.82 Å². The Labute approximate surface area is 92.7 Å². The van der Waals surface area contributed by atoms with Gasteiger partial charge < -0.3 is 15.4 Å². The topological polar surface area (TPSA) is 72.3 Å². The first-order valence-corrected chi connectivity index (χ1v) is 5.23. The zero-order valence-electron chi connectivity index (χ0n) is 8.68. The maximum Gasteiger partial charge on any atom is 0.169 e. The fourth-order valence-corrected chi connectivity index (χ4v) is 1.78. The molecule has 2 aromatic rings. The first-order valence-electron chi connectivity index (χ1n) is 5.23. The minimum atomic E-state index is -0.584. The van der Waals surface area contributed by atoms with Gasteiger partial charge in [-0.2, -0.15) is 0 Å². The SMILES string of the molecule is Nc1cc(-c2ccc(C3(O)CC3)cc2)on1. The molecule has 1 heterocycles. The van der Waals surface area contributed by atoms with Crippen molar-refractivity contribution >= 4 is 5.82 Å². The number of nitrogens with zero attached hydrogens (tertiary/aromatic N) is 1. The van der Waals surface area contributed by atoms with Crippen molar-refractivity contribution in [3.05, 3.63) is 35.9 Å². The summed E-state index contributed by atoms with van der Waals surface area (Å²) in [6.45, 7) is 0. The molecule has 3 rings (SSSR count). The Morgan fingerprint density at radius 3 is 2.44 bits per heavy atom. The highest BCUT2D eigenvalue weighted by molar-refractivity contribution is 5.60. The summed E-state index contributed by atoms with van der Waals surface area (Å²) in [5.74, 6) is 1.02. The van der Waals surface area contributed by atoms with E-state index in [1.165, 1.54) is 0 Å². The van der Waals surface area contributed by atoms with Crippen LogP contribution in [0.1, 0.15) is 18.4 Å². The van der Waals surface area contributed by atoms with Crippen molar-refractivity contribution in [2.45, 2.75) is 18.4 Å². The highest BCUT2D eigenvalue weighted by Gasteiger charge is 2.41. The lowest BCUT2D eigenvalue weighted by molar-refractivity contribution is 0.151. The number of rotatable bonds is 2. The lowest BCUT2D eigenvalue weighted by Gasteiger charge is -2.07. The van der Waals surface area contributed by atoms with Gasteiger partial charge in [0, 0.05) is 11.6 Å². The van der Waals surface area contributed by atoms with Crippen molar-refractivity contribution in [3.8, 4) is 11.3 Å². The van der Waals surface area contributed by atoms with E-state index in [0.29, 0.717) is 11.6 Å². The number of hydrogen-bond donors (Lipinski definition) is 2. The lowest BCUT2D eigenvalue weighted by Crippen LogP contribution is -2.03. The summed E-state index contributed by atoms with van der Waals surface area (Å²) in [5.41, 5.74) is 6.77. The number of nitrogen functional groups attached to an aromatic ring is 1. The molecule has 0 aliphatic heterocycles. The van der Waals surface area contributed by atoms with E-state index in [9.17, 15) is 5.11 Å². The number of hydrogen-bond acceptors (Lipinski definition) is 4. The Balaban J connectivity index is 1.93. The Morgan fingerprint density at radius 2 is 1.94 bits per heavy atom. The van der Waals surface area contributed by atoms with Crippen LogP contribution in [0, 0.1) is 0 Å².